The number of rotatable bonds is 2. The minimum absolute atomic E-state index is 0. The summed E-state index contributed by atoms with van der Waals surface area (Å²) in [5.41, 5.74) is 9.10. The van der Waals surface area contributed by atoms with Gasteiger partial charge in [-0.1, -0.05) is 65.8 Å². The summed E-state index contributed by atoms with van der Waals surface area (Å²) >= 11 is 0. The van der Waals surface area contributed by atoms with Crippen molar-refractivity contribution in [2.75, 3.05) is 0 Å². The van der Waals surface area contributed by atoms with Crippen LogP contribution in [0.15, 0.2) is 48.6 Å². The lowest BCUT2D eigenvalue weighted by Crippen LogP contribution is -2.44. The molecule has 2 aromatic heterocycles. The Hall–Kier alpha value is -9.83. The van der Waals surface area contributed by atoms with E-state index in [1.807, 2.05) is 0 Å². The van der Waals surface area contributed by atoms with Crippen molar-refractivity contribution < 1.29 is 4.70 Å². The number of aromatic nitrogens is 2. The highest BCUT2D eigenvalue weighted by molar-refractivity contribution is 6.83. The van der Waals surface area contributed by atoms with E-state index >= 15 is 0 Å². The predicted molar refractivity (Wildman–Crippen MR) is 358 cm³/mol. The van der Waals surface area contributed by atoms with Crippen LogP contribution in [-0.2, 0) is 21.7 Å². The summed E-state index contributed by atoms with van der Waals surface area (Å²) in [5, 5.41) is 89.7. The van der Waals surface area contributed by atoms with Gasteiger partial charge in [-0.2, -0.15) is 0 Å². The zero-order chi connectivity index (χ0) is 52.0. The molecule has 0 aliphatic heterocycles. The summed E-state index contributed by atoms with van der Waals surface area (Å²) in [6, 6.07) is 14.4. The number of allylic oxidation sites excluding steroid dienone is 2. The number of hydrogen-bond acceptors (Lipinski definition) is 2. The average molecular weight is 1060 g/mol. The predicted octanol–water partition coefficient (Wildman–Crippen LogP) is 22.1. The fourth-order valence-corrected chi connectivity index (χ4v) is 26.7. The van der Waals surface area contributed by atoms with E-state index in [-0.39, 0.29) is 15.5 Å². The Morgan fingerprint density at radius 3 is 0.553 bits per heavy atom. The van der Waals surface area contributed by atoms with Gasteiger partial charge < -0.3 is 0 Å². The fraction of sp³-hybridized carbons (Fsp3) is 0.122. The molecule has 0 saturated carbocycles. The quantitative estimate of drug-likeness (QED) is 0.127. The summed E-state index contributed by atoms with van der Waals surface area (Å²) in [5.74, 6) is 0. The van der Waals surface area contributed by atoms with E-state index in [0.29, 0.717) is 0 Å². The highest BCUT2D eigenvalue weighted by Crippen LogP contribution is 2.82. The van der Waals surface area contributed by atoms with Crippen LogP contribution in [0.3, 0.4) is 0 Å². The number of benzene rings is 19. The molecule has 0 spiro atoms. The van der Waals surface area contributed by atoms with Gasteiger partial charge in [0.15, 0.2) is 0 Å². The zero-order valence-corrected chi connectivity index (χ0v) is 45.9. The van der Waals surface area contributed by atoms with Crippen LogP contribution in [0.25, 0.3) is 302 Å². The maximum Gasteiger partial charge on any atom is 0.0827 e. The fourth-order valence-electron chi connectivity index (χ4n) is 26.7. The molecule has 85 heavy (non-hydrogen) atoms. The Morgan fingerprint density at radius 1 is 0.212 bits per heavy atom. The minimum Gasteiger partial charge on any atom is -0.269 e. The Bertz CT molecular complexity index is 8110. The summed E-state index contributed by atoms with van der Waals surface area (Å²) in [6.07, 6.45) is 5.65. The molecule has 0 saturated heterocycles. The van der Waals surface area contributed by atoms with Crippen LogP contribution in [0.1, 0.15) is 86.6 Å². The number of halogens is 1. The third kappa shape index (κ3) is 2.22. The first-order chi connectivity index (χ1) is 41.1. The van der Waals surface area contributed by atoms with E-state index in [1.54, 1.807) is 313 Å². The zero-order valence-electron chi connectivity index (χ0n) is 45.9. The van der Waals surface area contributed by atoms with Crippen molar-refractivity contribution in [2.24, 2.45) is 0 Å². The van der Waals surface area contributed by atoms with Gasteiger partial charge in [-0.15, -0.1) is 0 Å². The number of fused-ring (bicyclic) bond motifs is 5. The van der Waals surface area contributed by atoms with Gasteiger partial charge in [-0.3, -0.25) is 14.7 Å². The van der Waals surface area contributed by atoms with Crippen molar-refractivity contribution in [3.8, 4) is 0 Å². The number of pyridine rings is 2. The van der Waals surface area contributed by atoms with Crippen molar-refractivity contribution in [2.45, 2.75) is 63.2 Å². The lowest BCUT2D eigenvalue weighted by Gasteiger charge is -2.51. The molecule has 3 aliphatic carbocycles. The van der Waals surface area contributed by atoms with Crippen LogP contribution in [0.4, 0.5) is 4.70 Å². The molecule has 0 fully saturated rings. The highest BCUT2D eigenvalue weighted by atomic mass is 19.0. The second kappa shape index (κ2) is 8.50. The first-order valence-electron chi connectivity index (χ1n) is 31.3. The topological polar surface area (TPSA) is 25.8 Å². The average Bonchev–Trinajstić information content (AvgIpc) is 1.41. The molecule has 3 aliphatic rings. The Labute approximate surface area is 470 Å². The molecule has 2 nitrogen and oxygen atoms in total. The minimum atomic E-state index is -0.728. The first-order valence-corrected chi connectivity index (χ1v) is 31.3. The standard InChI is InChI=1S/C82H26N2.FH/c1-79(2,3)15-9-7-11-17(83-15)81-13-14-82(18-12-8-10-16(84-18)80(4,5)6)76-70-62-53-43-34-26-20-19-21-23-24-22(20)30(34)37-39-32(24)35-31(23)38-36-29(21)33-25(19)27-28(26)41-44-40(27)45-42(33)52-48(36)56-50(38)54-47(35)55-51(39)57(49(37)53)68(70)72-66(55)65(54)71(77(81)78(72)82)67(56)69-61(52)58(45)63-60(44)64(59(62)46(41)43)74(76)73(63)75(69)81;/h7-14H,1-6H3;1H. The van der Waals surface area contributed by atoms with Crippen molar-refractivity contribution in [1.29, 1.82) is 0 Å². The maximum absolute atomic E-state index is 6.25. The monoisotopic (exact) mass is 1060 g/mol. The van der Waals surface area contributed by atoms with Crippen molar-refractivity contribution in [3.05, 3.63) is 93.6 Å². The van der Waals surface area contributed by atoms with E-state index in [2.05, 4.69) is 90.1 Å². The van der Waals surface area contributed by atoms with Crippen molar-refractivity contribution in [1.82, 2.24) is 9.97 Å². The van der Waals surface area contributed by atoms with Gasteiger partial charge in [0.1, 0.15) is 0 Å². The van der Waals surface area contributed by atoms with Gasteiger partial charge in [0.25, 0.3) is 0 Å². The van der Waals surface area contributed by atoms with E-state index in [1.165, 1.54) is 33.9 Å². The molecular weight excluding hydrogens is 1030 g/mol. The van der Waals surface area contributed by atoms with E-state index in [9.17, 15) is 0 Å². The van der Waals surface area contributed by atoms with Crippen LogP contribution in [-0.4, -0.2) is 9.97 Å². The molecule has 0 radical (unpaired) electrons. The largest absolute Gasteiger partial charge is 0.269 e. The Balaban J connectivity index is 0.00000403. The van der Waals surface area contributed by atoms with Crippen molar-refractivity contribution >= 4 is 302 Å². The van der Waals surface area contributed by atoms with Gasteiger partial charge in [0.05, 0.1) is 22.2 Å². The third-order valence-corrected chi connectivity index (χ3v) is 28.0. The molecule has 2 heterocycles. The molecule has 0 amide bonds. The maximum atomic E-state index is 6.25. The van der Waals surface area contributed by atoms with Gasteiger partial charge in [-0.25, -0.2) is 0 Å². The summed E-state index contributed by atoms with van der Waals surface area (Å²) in [6.45, 7) is 14.3. The Morgan fingerprint density at radius 2 is 0.365 bits per heavy atom. The number of hydrogen-bond donors (Lipinski definition) is 0. The molecule has 3 heteroatoms. The van der Waals surface area contributed by atoms with Gasteiger partial charge in [0.2, 0.25) is 0 Å². The Kier molecular flexibility index (Phi) is 3.60. The lowest BCUT2D eigenvalue weighted by atomic mass is 9.50. The first kappa shape index (κ1) is 36.0. The van der Waals surface area contributed by atoms with Gasteiger partial charge in [-0.05, 0) is 348 Å². The van der Waals surface area contributed by atoms with Crippen LogP contribution >= 0.6 is 0 Å². The van der Waals surface area contributed by atoms with Crippen LogP contribution in [0, 0.1) is 0 Å². The van der Waals surface area contributed by atoms with Gasteiger partial charge >= 0.3 is 0 Å². The summed E-state index contributed by atoms with van der Waals surface area (Å²) in [4.78, 5) is 12.5. The summed E-state index contributed by atoms with van der Waals surface area (Å²) < 4.78 is 0. The second-order valence-electron chi connectivity index (χ2n) is 31.8. The molecule has 2 unspecified atom stereocenters. The number of nitrogens with zero attached hydrogens (tertiary/aromatic N) is 2. The normalized spacial score (nSPS) is 20.5. The lowest BCUT2D eigenvalue weighted by molar-refractivity contribution is 0.553. The second-order valence-corrected chi connectivity index (χ2v) is 31.8. The van der Waals surface area contributed by atoms with Crippen molar-refractivity contribution in [3.63, 3.8) is 0 Å². The summed E-state index contributed by atoms with van der Waals surface area (Å²) in [7, 11) is 0. The van der Waals surface area contributed by atoms with Gasteiger partial charge in [0, 0.05) is 22.2 Å². The van der Waals surface area contributed by atoms with E-state index < -0.39 is 10.8 Å². The third-order valence-electron chi connectivity index (χ3n) is 28.0. The molecule has 34 rings (SSSR count). The molecule has 2 atom stereocenters. The molecule has 372 valence electrons. The van der Waals surface area contributed by atoms with Crippen LogP contribution in [0.2, 0.25) is 0 Å². The highest BCUT2D eigenvalue weighted by Gasteiger charge is 2.61. The smallest absolute Gasteiger partial charge is 0.0827 e. The molecule has 29 aromatic carbocycles. The van der Waals surface area contributed by atoms with Crippen LogP contribution < -0.4 is 0 Å². The SMILES string of the molecule is CC(C)(C)c1cccc(C23C=CC4(c5cccc(C(C)(C)C)n5)c5c2c2c6c7c3c3c8c4c4c9c5c5c2c2c%10c6c6c%11c7c7c3c3c8c8c4c4c%12c9c9c5c2c2c5c%10c6c6c%10c%11c7c7c3c3c8c4c4c8c%12c9c2c2c5c6c5c%10c7c3c4c5c82)n1.F. The molecule has 0 N–H and O–H groups in total. The van der Waals surface area contributed by atoms with E-state index in [4.69, 9.17) is 9.97 Å². The molecule has 0 bridgehead atoms. The molecular formula is C82H27FN2. The van der Waals surface area contributed by atoms with E-state index in [0.717, 1.165) is 0 Å². The molecule has 31 aromatic rings. The van der Waals surface area contributed by atoms with Crippen LogP contribution in [0.5, 0.6) is 0 Å².